The van der Waals surface area contributed by atoms with E-state index in [1.807, 2.05) is 48.5 Å². The van der Waals surface area contributed by atoms with Gasteiger partial charge in [-0.15, -0.1) is 0 Å². The van der Waals surface area contributed by atoms with Crippen molar-refractivity contribution < 1.29 is 42.5 Å². The number of carbonyl (C=O) groups is 4. The summed E-state index contributed by atoms with van der Waals surface area (Å²) in [4.78, 5) is 50.7. The number of nitrogens with one attached hydrogen (secondary N) is 3. The summed E-state index contributed by atoms with van der Waals surface area (Å²) in [7, 11) is 0. The summed E-state index contributed by atoms with van der Waals surface area (Å²) in [5.74, 6) is -5.41. The minimum Gasteiger partial charge on any atom is -0.480 e. The fraction of sp³-hybridized carbons (Fsp3) is 0.405. The number of aliphatic carboxylic acids is 1. The molecule has 3 amide bonds. The number of benzene rings is 3. The van der Waals surface area contributed by atoms with E-state index in [0.717, 1.165) is 22.3 Å². The summed E-state index contributed by atoms with van der Waals surface area (Å²) in [5.41, 5.74) is 4.29. The Balaban J connectivity index is 1.23. The summed E-state index contributed by atoms with van der Waals surface area (Å²) >= 11 is 0. The van der Waals surface area contributed by atoms with Crippen molar-refractivity contribution in [3.63, 3.8) is 0 Å². The van der Waals surface area contributed by atoms with E-state index in [-0.39, 0.29) is 31.8 Å². The molecule has 5 rings (SSSR count). The van der Waals surface area contributed by atoms with Crippen molar-refractivity contribution in [3.05, 3.63) is 89.5 Å². The second-order valence-electron chi connectivity index (χ2n) is 13.6. The lowest BCUT2D eigenvalue weighted by atomic mass is 9.81. The SMILES string of the molecule is CC(C)(C)OC(=O)N[C@H](Cc1ccc(NC(=O)[C@@H](NC(=O)OCC2c3ccccc3-c3ccccc32)C2CCC(F)(F)CC2)cc1)C(=O)O. The highest BCUT2D eigenvalue weighted by molar-refractivity contribution is 5.97. The largest absolute Gasteiger partial charge is 0.480 e. The Hall–Kier alpha value is -5.00. The molecule has 0 spiro atoms. The third kappa shape index (κ3) is 9.13. The van der Waals surface area contributed by atoms with Gasteiger partial charge in [-0.05, 0) is 79.5 Å². The lowest BCUT2D eigenvalue weighted by molar-refractivity contribution is -0.139. The predicted octanol–water partition coefficient (Wildman–Crippen LogP) is 6.88. The maximum atomic E-state index is 14.0. The van der Waals surface area contributed by atoms with Crippen molar-refractivity contribution in [2.24, 2.45) is 5.92 Å². The zero-order valence-electron chi connectivity index (χ0n) is 27.6. The number of amides is 3. The van der Waals surface area contributed by atoms with E-state index >= 15 is 0 Å². The summed E-state index contributed by atoms with van der Waals surface area (Å²) in [6.07, 6.45) is -2.46. The molecule has 0 unspecified atom stereocenters. The van der Waals surface area contributed by atoms with Crippen molar-refractivity contribution in [3.8, 4) is 11.1 Å². The molecular formula is C37H41F2N3O7. The molecule has 0 aromatic heterocycles. The van der Waals surface area contributed by atoms with Gasteiger partial charge in [-0.1, -0.05) is 60.7 Å². The molecule has 0 saturated heterocycles. The first-order chi connectivity index (χ1) is 23.2. The monoisotopic (exact) mass is 677 g/mol. The average Bonchev–Trinajstić information content (AvgIpc) is 3.36. The summed E-state index contributed by atoms with van der Waals surface area (Å²) in [5, 5.41) is 17.4. The van der Waals surface area contributed by atoms with Crippen LogP contribution in [0.25, 0.3) is 11.1 Å². The van der Waals surface area contributed by atoms with Crippen molar-refractivity contribution in [2.45, 2.75) is 82.4 Å². The van der Waals surface area contributed by atoms with Crippen LogP contribution >= 0.6 is 0 Å². The quantitative estimate of drug-likeness (QED) is 0.183. The van der Waals surface area contributed by atoms with Gasteiger partial charge in [0.05, 0.1) is 0 Å². The topological polar surface area (TPSA) is 143 Å². The summed E-state index contributed by atoms with van der Waals surface area (Å²) in [6.45, 7) is 5.02. The molecule has 2 atom stereocenters. The molecule has 1 fully saturated rings. The molecule has 0 aliphatic heterocycles. The summed E-state index contributed by atoms with van der Waals surface area (Å²) < 4.78 is 38.9. The maximum absolute atomic E-state index is 14.0. The van der Waals surface area contributed by atoms with E-state index in [1.165, 1.54) is 0 Å². The van der Waals surface area contributed by atoms with Crippen LogP contribution in [-0.4, -0.2) is 59.4 Å². The molecule has 260 valence electrons. The van der Waals surface area contributed by atoms with E-state index in [2.05, 4.69) is 16.0 Å². The highest BCUT2D eigenvalue weighted by atomic mass is 19.3. The van der Waals surface area contributed by atoms with Crippen LogP contribution in [0.4, 0.5) is 24.1 Å². The molecule has 0 bridgehead atoms. The fourth-order valence-corrected chi connectivity index (χ4v) is 6.39. The molecule has 2 aliphatic carbocycles. The Kier molecular flexibility index (Phi) is 10.5. The van der Waals surface area contributed by atoms with Crippen molar-refractivity contribution in [1.29, 1.82) is 0 Å². The normalized spacial score (nSPS) is 16.8. The van der Waals surface area contributed by atoms with Gasteiger partial charge in [0, 0.05) is 30.9 Å². The standard InChI is InChI=1S/C37H41F2N3O7/c1-36(2,3)49-35(47)41-30(33(44)45)20-22-12-14-24(15-13-22)40-32(43)31(23-16-18-37(38,39)19-17-23)42-34(46)48-21-29-27-10-6-4-8-25(27)26-9-5-7-11-28(26)29/h4-15,23,29-31H,16-21H2,1-3H3,(H,40,43)(H,41,47)(H,42,46)(H,44,45)/t30-,31+/m1/s1. The maximum Gasteiger partial charge on any atom is 0.408 e. The first kappa shape index (κ1) is 35.3. The van der Waals surface area contributed by atoms with E-state index < -0.39 is 66.4 Å². The zero-order chi connectivity index (χ0) is 35.3. The zero-order valence-corrected chi connectivity index (χ0v) is 27.6. The smallest absolute Gasteiger partial charge is 0.408 e. The van der Waals surface area contributed by atoms with Gasteiger partial charge in [0.15, 0.2) is 0 Å². The number of carbonyl (C=O) groups excluding carboxylic acids is 3. The number of carboxylic acid groups (broad SMARTS) is 1. The number of alkyl halides is 2. The minimum atomic E-state index is -2.83. The van der Waals surface area contributed by atoms with Gasteiger partial charge in [-0.2, -0.15) is 0 Å². The van der Waals surface area contributed by atoms with Gasteiger partial charge in [-0.3, -0.25) is 4.79 Å². The Morgan fingerprint density at radius 2 is 1.43 bits per heavy atom. The second-order valence-corrected chi connectivity index (χ2v) is 13.6. The molecule has 3 aromatic carbocycles. The van der Waals surface area contributed by atoms with Crippen LogP contribution in [-0.2, 0) is 25.5 Å². The number of fused-ring (bicyclic) bond motifs is 3. The molecule has 10 nitrogen and oxygen atoms in total. The molecule has 3 aromatic rings. The van der Waals surface area contributed by atoms with Crippen molar-refractivity contribution in [1.82, 2.24) is 10.6 Å². The van der Waals surface area contributed by atoms with Crippen LogP contribution in [0.5, 0.6) is 0 Å². The van der Waals surface area contributed by atoms with Gasteiger partial charge < -0.3 is 30.5 Å². The molecule has 4 N–H and O–H groups in total. The molecule has 2 aliphatic rings. The number of hydrogen-bond acceptors (Lipinski definition) is 6. The van der Waals surface area contributed by atoms with Crippen LogP contribution in [0.15, 0.2) is 72.8 Å². The number of halogens is 2. The second kappa shape index (κ2) is 14.6. The Morgan fingerprint density at radius 3 is 1.98 bits per heavy atom. The number of carboxylic acids is 1. The Morgan fingerprint density at radius 1 is 0.857 bits per heavy atom. The Labute approximate surface area is 283 Å². The molecular weight excluding hydrogens is 636 g/mol. The van der Waals surface area contributed by atoms with Gasteiger partial charge >= 0.3 is 18.2 Å². The molecule has 0 radical (unpaired) electrons. The van der Waals surface area contributed by atoms with Crippen LogP contribution < -0.4 is 16.0 Å². The number of anilines is 1. The third-order valence-corrected chi connectivity index (χ3v) is 8.78. The van der Waals surface area contributed by atoms with Crippen molar-refractivity contribution >= 4 is 29.8 Å². The van der Waals surface area contributed by atoms with E-state index in [9.17, 15) is 33.1 Å². The summed E-state index contributed by atoms with van der Waals surface area (Å²) in [6, 6.07) is 19.7. The van der Waals surface area contributed by atoms with E-state index in [1.54, 1.807) is 45.0 Å². The minimum absolute atomic E-state index is 0.0263. The third-order valence-electron chi connectivity index (χ3n) is 8.78. The van der Waals surface area contributed by atoms with Gasteiger partial charge in [0.1, 0.15) is 24.3 Å². The fourth-order valence-electron chi connectivity index (χ4n) is 6.39. The first-order valence-electron chi connectivity index (χ1n) is 16.3. The first-order valence-corrected chi connectivity index (χ1v) is 16.3. The highest BCUT2D eigenvalue weighted by Crippen LogP contribution is 2.44. The highest BCUT2D eigenvalue weighted by Gasteiger charge is 2.41. The average molecular weight is 678 g/mol. The lowest BCUT2D eigenvalue weighted by Gasteiger charge is -2.33. The van der Waals surface area contributed by atoms with E-state index in [0.29, 0.717) is 11.3 Å². The van der Waals surface area contributed by atoms with Gasteiger partial charge in [-0.25, -0.2) is 23.2 Å². The van der Waals surface area contributed by atoms with E-state index in [4.69, 9.17) is 9.47 Å². The van der Waals surface area contributed by atoms with Gasteiger partial charge in [0.25, 0.3) is 0 Å². The number of rotatable bonds is 10. The van der Waals surface area contributed by atoms with Gasteiger partial charge in [0.2, 0.25) is 11.8 Å². The Bertz CT molecular complexity index is 1630. The predicted molar refractivity (Wildman–Crippen MR) is 178 cm³/mol. The number of ether oxygens (including phenoxy) is 2. The van der Waals surface area contributed by atoms with Crippen LogP contribution in [0.2, 0.25) is 0 Å². The molecule has 0 heterocycles. The number of alkyl carbamates (subject to hydrolysis) is 2. The van der Waals surface area contributed by atoms with Crippen molar-refractivity contribution in [2.75, 3.05) is 11.9 Å². The van der Waals surface area contributed by atoms with Crippen LogP contribution in [0, 0.1) is 5.92 Å². The lowest BCUT2D eigenvalue weighted by Crippen LogP contribution is -2.50. The molecule has 12 heteroatoms. The number of hydrogen-bond donors (Lipinski definition) is 4. The molecule has 49 heavy (non-hydrogen) atoms. The van der Waals surface area contributed by atoms with Crippen LogP contribution in [0.3, 0.4) is 0 Å². The molecule has 1 saturated carbocycles. The van der Waals surface area contributed by atoms with Crippen LogP contribution in [0.1, 0.15) is 69.1 Å².